The van der Waals surface area contributed by atoms with Gasteiger partial charge >= 0.3 is 5.97 Å². The summed E-state index contributed by atoms with van der Waals surface area (Å²) in [5.74, 6) is 4.64. The van der Waals surface area contributed by atoms with Gasteiger partial charge in [-0.2, -0.15) is 0 Å². The lowest BCUT2D eigenvalue weighted by Gasteiger charge is -2.07. The number of carbonyl (C=O) groups is 2. The average molecular weight is 314 g/mol. The molecule has 18 heavy (non-hydrogen) atoms. The van der Waals surface area contributed by atoms with Gasteiger partial charge in [-0.1, -0.05) is 23.2 Å². The molecule has 0 aliphatic heterocycles. The molecule has 3 N–H and O–H groups in total. The van der Waals surface area contributed by atoms with Gasteiger partial charge in [0, 0.05) is 6.92 Å². The van der Waals surface area contributed by atoms with Gasteiger partial charge in [0.05, 0.1) is 28.4 Å². The third-order valence-electron chi connectivity index (χ3n) is 1.62. The van der Waals surface area contributed by atoms with Gasteiger partial charge in [-0.25, -0.2) is 4.79 Å². The van der Waals surface area contributed by atoms with E-state index in [0.29, 0.717) is 10.7 Å². The molecule has 1 rings (SSSR count). The van der Waals surface area contributed by atoms with E-state index in [1.165, 1.54) is 26.2 Å². The summed E-state index contributed by atoms with van der Waals surface area (Å²) in [4.78, 5) is 20.4. The molecule has 1 aromatic rings. The van der Waals surface area contributed by atoms with Crippen LogP contribution in [0.5, 0.6) is 0 Å². The Morgan fingerprint density at radius 2 is 1.78 bits per heavy atom. The Balaban J connectivity index is 0.000000631. The van der Waals surface area contributed by atoms with Crippen molar-refractivity contribution in [1.82, 2.24) is 0 Å². The summed E-state index contributed by atoms with van der Waals surface area (Å²) < 4.78 is 4.52. The normalized spacial score (nSPS) is 9.00. The second-order valence-corrected chi connectivity index (χ2v) is 4.26. The minimum absolute atomic E-state index is 0.214. The zero-order valence-electron chi connectivity index (χ0n) is 9.59. The van der Waals surface area contributed by atoms with Crippen molar-refractivity contribution in [2.75, 3.05) is 12.5 Å². The van der Waals surface area contributed by atoms with E-state index in [0.717, 1.165) is 0 Å². The van der Waals surface area contributed by atoms with Crippen LogP contribution in [0.2, 0.25) is 10.0 Å². The minimum atomic E-state index is -0.539. The van der Waals surface area contributed by atoms with Crippen LogP contribution >= 0.6 is 34.8 Å². The number of carbonyl (C=O) groups excluding carboxylic acids is 2. The Morgan fingerprint density at radius 3 is 2.17 bits per heavy atom. The van der Waals surface area contributed by atoms with E-state index in [-0.39, 0.29) is 15.8 Å². The highest BCUT2D eigenvalue weighted by atomic mass is 35.5. The molecule has 1 aromatic carbocycles. The molecule has 0 radical (unpaired) electrons. The Labute approximate surface area is 119 Å². The van der Waals surface area contributed by atoms with Gasteiger partial charge < -0.3 is 10.2 Å². The molecule has 0 spiro atoms. The molecular formula is C10H11Cl3N2O3. The van der Waals surface area contributed by atoms with Crippen LogP contribution in [-0.4, -0.2) is 18.3 Å². The first kappa shape index (κ1) is 17.0. The molecule has 0 saturated carbocycles. The van der Waals surface area contributed by atoms with Gasteiger partial charge in [0.15, 0.2) is 0 Å². The minimum Gasteiger partial charge on any atom is -0.465 e. The summed E-state index contributed by atoms with van der Waals surface area (Å²) in [6.07, 6.45) is 0. The number of benzene rings is 1. The first-order valence-corrected chi connectivity index (χ1v) is 5.66. The highest BCUT2D eigenvalue weighted by Gasteiger charge is 2.13. The van der Waals surface area contributed by atoms with Crippen LogP contribution in [0, 0.1) is 0 Å². The number of halogens is 3. The molecular weight excluding hydrogens is 302 g/mol. The number of esters is 1. The Morgan fingerprint density at radius 1 is 1.28 bits per heavy atom. The molecule has 5 nitrogen and oxygen atoms in total. The number of ether oxygens (including phenoxy) is 1. The summed E-state index contributed by atoms with van der Waals surface area (Å²) in [5.41, 5.74) is 2.97. The Kier molecular flexibility index (Phi) is 7.70. The van der Waals surface area contributed by atoms with Gasteiger partial charge in [-0.15, -0.1) is 0 Å². The fourth-order valence-electron chi connectivity index (χ4n) is 0.926. The summed E-state index contributed by atoms with van der Waals surface area (Å²) in [5, 5.41) is 0.200. The van der Waals surface area contributed by atoms with Crippen LogP contribution in [0.15, 0.2) is 12.1 Å². The lowest BCUT2D eigenvalue weighted by molar-refractivity contribution is -0.109. The molecule has 0 aromatic heterocycles. The van der Waals surface area contributed by atoms with Gasteiger partial charge in [-0.3, -0.25) is 10.6 Å². The number of nitrogen functional groups attached to an aromatic ring is 1. The highest BCUT2D eigenvalue weighted by Crippen LogP contribution is 2.28. The van der Waals surface area contributed by atoms with Gasteiger partial charge in [-0.05, 0) is 23.7 Å². The molecule has 0 aliphatic rings. The van der Waals surface area contributed by atoms with Crippen LogP contribution in [0.3, 0.4) is 0 Å². The highest BCUT2D eigenvalue weighted by molar-refractivity contribution is 6.62. The van der Waals surface area contributed by atoms with Gasteiger partial charge in [0.25, 0.3) is 0 Å². The smallest absolute Gasteiger partial charge is 0.339 e. The number of hydrogen-bond acceptors (Lipinski definition) is 5. The SMILES string of the molecule is CC(=O)Cl.COC(=O)c1cc(NN)c(Cl)cc1Cl. The maximum atomic E-state index is 11.2. The van der Waals surface area contributed by atoms with Crippen molar-refractivity contribution < 1.29 is 14.3 Å². The monoisotopic (exact) mass is 312 g/mol. The molecule has 0 unspecified atom stereocenters. The molecule has 0 saturated heterocycles. The summed E-state index contributed by atoms with van der Waals surface area (Å²) in [6.45, 7) is 1.29. The second-order valence-electron chi connectivity index (χ2n) is 2.92. The summed E-state index contributed by atoms with van der Waals surface area (Å²) in [6, 6.07) is 2.85. The van der Waals surface area contributed by atoms with Crippen molar-refractivity contribution in [2.24, 2.45) is 5.84 Å². The number of hydrogen-bond donors (Lipinski definition) is 2. The first-order chi connectivity index (χ1) is 8.33. The van der Waals surface area contributed by atoms with Crippen molar-refractivity contribution in [3.05, 3.63) is 27.7 Å². The number of nitrogens with two attached hydrogens (primary N) is 1. The molecule has 8 heteroatoms. The average Bonchev–Trinajstić information content (AvgIpc) is 2.27. The molecule has 0 aliphatic carbocycles. The number of hydrazine groups is 1. The first-order valence-electron chi connectivity index (χ1n) is 4.53. The van der Waals surface area contributed by atoms with Crippen molar-refractivity contribution in [3.63, 3.8) is 0 Å². The largest absolute Gasteiger partial charge is 0.465 e. The Bertz CT molecular complexity index is 448. The van der Waals surface area contributed by atoms with E-state index in [1.54, 1.807) is 0 Å². The fourth-order valence-corrected chi connectivity index (χ4v) is 1.44. The number of nitrogens with one attached hydrogen (secondary N) is 1. The van der Waals surface area contributed by atoms with Crippen molar-refractivity contribution >= 4 is 51.7 Å². The van der Waals surface area contributed by atoms with Crippen LogP contribution in [0.4, 0.5) is 5.69 Å². The summed E-state index contributed by atoms with van der Waals surface area (Å²) in [7, 11) is 1.27. The molecule has 0 amide bonds. The third kappa shape index (κ3) is 5.55. The maximum Gasteiger partial charge on any atom is 0.339 e. The molecule has 0 bridgehead atoms. The second kappa shape index (κ2) is 8.16. The van der Waals surface area contributed by atoms with Crippen molar-refractivity contribution in [3.8, 4) is 0 Å². The van der Waals surface area contributed by atoms with Crippen LogP contribution in [-0.2, 0) is 9.53 Å². The van der Waals surface area contributed by atoms with E-state index in [1.807, 2.05) is 0 Å². The maximum absolute atomic E-state index is 11.2. The van der Waals surface area contributed by atoms with Crippen LogP contribution < -0.4 is 11.3 Å². The van der Waals surface area contributed by atoms with E-state index >= 15 is 0 Å². The van der Waals surface area contributed by atoms with Crippen LogP contribution in [0.25, 0.3) is 0 Å². The third-order valence-corrected chi connectivity index (χ3v) is 2.24. The quantitative estimate of drug-likeness (QED) is 0.380. The lowest BCUT2D eigenvalue weighted by atomic mass is 10.2. The van der Waals surface area contributed by atoms with Gasteiger partial charge in [0.1, 0.15) is 0 Å². The standard InChI is InChI=1S/C8H8Cl2N2O2.C2H3ClO/c1-14-8(13)4-2-7(12-11)6(10)3-5(4)9;1-2(3)4/h2-3,12H,11H2,1H3;1H3. The Hall–Kier alpha value is -1.01. The summed E-state index contributed by atoms with van der Waals surface area (Å²) >= 11 is 16.2. The topological polar surface area (TPSA) is 81.4 Å². The van der Waals surface area contributed by atoms with E-state index in [4.69, 9.17) is 29.0 Å². The van der Waals surface area contributed by atoms with Crippen molar-refractivity contribution in [2.45, 2.75) is 6.92 Å². The number of rotatable bonds is 2. The van der Waals surface area contributed by atoms with E-state index in [2.05, 4.69) is 21.8 Å². The van der Waals surface area contributed by atoms with E-state index < -0.39 is 5.97 Å². The number of anilines is 1. The molecule has 100 valence electrons. The predicted molar refractivity (Wildman–Crippen MR) is 72.1 cm³/mol. The van der Waals surface area contributed by atoms with E-state index in [9.17, 15) is 9.59 Å². The van der Waals surface area contributed by atoms with Crippen LogP contribution in [0.1, 0.15) is 17.3 Å². The molecule has 0 heterocycles. The zero-order valence-corrected chi connectivity index (χ0v) is 11.9. The zero-order chi connectivity index (χ0) is 14.3. The van der Waals surface area contributed by atoms with Crippen molar-refractivity contribution in [1.29, 1.82) is 0 Å². The lowest BCUT2D eigenvalue weighted by Crippen LogP contribution is -2.09. The molecule has 0 fully saturated rings. The predicted octanol–water partition coefficient (Wildman–Crippen LogP) is 2.84. The van der Waals surface area contributed by atoms with Gasteiger partial charge in [0.2, 0.25) is 5.24 Å². The fraction of sp³-hybridized carbons (Fsp3) is 0.200. The number of methoxy groups -OCH3 is 1. The molecule has 0 atom stereocenters.